The summed E-state index contributed by atoms with van der Waals surface area (Å²) >= 11 is 1.49. The van der Waals surface area contributed by atoms with Gasteiger partial charge in [0.2, 0.25) is 5.12 Å². The average molecular weight is 249 g/mol. The van der Waals surface area contributed by atoms with Crippen molar-refractivity contribution in [1.82, 2.24) is 4.90 Å². The third-order valence-corrected chi connectivity index (χ3v) is 4.24. The van der Waals surface area contributed by atoms with Crippen molar-refractivity contribution < 1.29 is 4.79 Å². The average Bonchev–Trinajstić information content (AvgIpc) is 2.77. The first kappa shape index (κ1) is 12.7. The van der Waals surface area contributed by atoms with Crippen LogP contribution in [0.4, 0.5) is 0 Å². The normalized spacial score (nSPS) is 20.6. The Morgan fingerprint density at radius 2 is 2.18 bits per heavy atom. The van der Waals surface area contributed by atoms with E-state index in [4.69, 9.17) is 0 Å². The van der Waals surface area contributed by atoms with Crippen LogP contribution in [0.1, 0.15) is 18.4 Å². The van der Waals surface area contributed by atoms with E-state index < -0.39 is 0 Å². The molecule has 0 N–H and O–H groups in total. The van der Waals surface area contributed by atoms with Crippen molar-refractivity contribution in [2.24, 2.45) is 0 Å². The van der Waals surface area contributed by atoms with E-state index in [1.165, 1.54) is 17.3 Å². The summed E-state index contributed by atoms with van der Waals surface area (Å²) < 4.78 is 0. The minimum absolute atomic E-state index is 0.163. The number of nitrogens with zero attached hydrogens (tertiary/aromatic N) is 1. The molecule has 1 heterocycles. The van der Waals surface area contributed by atoms with Gasteiger partial charge in [0.15, 0.2) is 0 Å². The van der Waals surface area contributed by atoms with Gasteiger partial charge in [0.1, 0.15) is 0 Å². The van der Waals surface area contributed by atoms with Crippen LogP contribution in [0.3, 0.4) is 0 Å². The molecule has 1 aromatic rings. The molecule has 1 aliphatic rings. The van der Waals surface area contributed by atoms with Crippen LogP contribution in [0, 0.1) is 0 Å². The Labute approximate surface area is 107 Å². The molecule has 1 fully saturated rings. The number of likely N-dealkylation sites (N-methyl/N-ethyl adjacent to an activating group) is 1. The molecule has 1 aromatic carbocycles. The highest BCUT2D eigenvalue weighted by Crippen LogP contribution is 2.21. The molecule has 0 spiro atoms. The van der Waals surface area contributed by atoms with Gasteiger partial charge in [-0.15, -0.1) is 0 Å². The molecular formula is C14H19NOS. The van der Waals surface area contributed by atoms with Crippen molar-refractivity contribution in [3.8, 4) is 0 Å². The van der Waals surface area contributed by atoms with Gasteiger partial charge in [0.25, 0.3) is 0 Å². The van der Waals surface area contributed by atoms with Crippen molar-refractivity contribution in [1.29, 1.82) is 0 Å². The molecule has 2 rings (SSSR count). The lowest BCUT2D eigenvalue weighted by molar-refractivity contribution is -0.114. The van der Waals surface area contributed by atoms with Crippen LogP contribution >= 0.6 is 11.8 Å². The highest BCUT2D eigenvalue weighted by atomic mass is 32.2. The van der Waals surface area contributed by atoms with Crippen LogP contribution in [0.15, 0.2) is 30.3 Å². The maximum Gasteiger partial charge on any atom is 0.206 e. The SMILES string of the molecule is CN1CCC[C@H]1C(=O)SCCc1ccccc1. The number of benzene rings is 1. The summed E-state index contributed by atoms with van der Waals surface area (Å²) in [5, 5.41) is 0.348. The molecule has 3 heteroatoms. The molecule has 1 saturated heterocycles. The fourth-order valence-electron chi connectivity index (χ4n) is 2.22. The monoisotopic (exact) mass is 249 g/mol. The van der Waals surface area contributed by atoms with Crippen molar-refractivity contribution in [3.63, 3.8) is 0 Å². The van der Waals surface area contributed by atoms with Gasteiger partial charge in [0.05, 0.1) is 6.04 Å². The van der Waals surface area contributed by atoms with E-state index in [1.807, 2.05) is 25.2 Å². The number of carbonyl (C=O) groups excluding carboxylic acids is 1. The number of hydrogen-bond donors (Lipinski definition) is 0. The number of likely N-dealkylation sites (tertiary alicyclic amines) is 1. The zero-order valence-corrected chi connectivity index (χ0v) is 11.1. The molecule has 1 atom stereocenters. The second-order valence-corrected chi connectivity index (χ2v) is 5.64. The predicted octanol–water partition coefficient (Wildman–Crippen LogP) is 2.58. The summed E-state index contributed by atoms with van der Waals surface area (Å²) in [6.07, 6.45) is 3.17. The number of hydrogen-bond acceptors (Lipinski definition) is 3. The smallest absolute Gasteiger partial charge is 0.206 e. The quantitative estimate of drug-likeness (QED) is 0.818. The molecule has 0 aromatic heterocycles. The highest BCUT2D eigenvalue weighted by Gasteiger charge is 2.27. The van der Waals surface area contributed by atoms with Gasteiger partial charge in [-0.25, -0.2) is 0 Å². The van der Waals surface area contributed by atoms with Crippen LogP contribution < -0.4 is 0 Å². The van der Waals surface area contributed by atoms with Crippen LogP contribution in [0.2, 0.25) is 0 Å². The summed E-state index contributed by atoms with van der Waals surface area (Å²) in [6, 6.07) is 10.5. The molecule has 0 saturated carbocycles. The van der Waals surface area contributed by atoms with Crippen molar-refractivity contribution in [3.05, 3.63) is 35.9 Å². The van der Waals surface area contributed by atoms with Crippen molar-refractivity contribution >= 4 is 16.9 Å². The van der Waals surface area contributed by atoms with Crippen LogP contribution in [-0.4, -0.2) is 35.4 Å². The maximum atomic E-state index is 12.0. The van der Waals surface area contributed by atoms with Gasteiger partial charge in [-0.1, -0.05) is 42.1 Å². The van der Waals surface area contributed by atoms with Crippen LogP contribution in [-0.2, 0) is 11.2 Å². The lowest BCUT2D eigenvalue weighted by atomic mass is 10.2. The van der Waals surface area contributed by atoms with Gasteiger partial charge in [-0.2, -0.15) is 0 Å². The second kappa shape index (κ2) is 6.22. The van der Waals surface area contributed by atoms with E-state index in [1.54, 1.807) is 0 Å². The van der Waals surface area contributed by atoms with Gasteiger partial charge in [0, 0.05) is 5.75 Å². The number of thioether (sulfide) groups is 1. The Morgan fingerprint density at radius 1 is 1.41 bits per heavy atom. The molecule has 17 heavy (non-hydrogen) atoms. The first-order valence-corrected chi connectivity index (χ1v) is 7.17. The van der Waals surface area contributed by atoms with Crippen molar-refractivity contribution in [2.75, 3.05) is 19.3 Å². The van der Waals surface area contributed by atoms with Gasteiger partial charge in [-0.05, 0) is 38.4 Å². The van der Waals surface area contributed by atoms with Gasteiger partial charge in [-0.3, -0.25) is 9.69 Å². The first-order valence-electron chi connectivity index (χ1n) is 6.18. The molecule has 2 nitrogen and oxygen atoms in total. The number of aryl methyl sites for hydroxylation is 1. The second-order valence-electron chi connectivity index (χ2n) is 4.54. The Hall–Kier alpha value is -0.800. The molecule has 0 radical (unpaired) electrons. The van der Waals surface area contributed by atoms with Gasteiger partial charge >= 0.3 is 0 Å². The Morgan fingerprint density at radius 3 is 2.82 bits per heavy atom. The maximum absolute atomic E-state index is 12.0. The molecule has 1 aliphatic heterocycles. The lowest BCUT2D eigenvalue weighted by Crippen LogP contribution is -2.31. The minimum Gasteiger partial charge on any atom is -0.296 e. The predicted molar refractivity (Wildman–Crippen MR) is 73.3 cm³/mol. The Bertz CT molecular complexity index is 366. The summed E-state index contributed by atoms with van der Waals surface area (Å²) in [5.41, 5.74) is 1.31. The molecule has 0 amide bonds. The van der Waals surface area contributed by atoms with E-state index in [-0.39, 0.29) is 6.04 Å². The van der Waals surface area contributed by atoms with E-state index >= 15 is 0 Å². The third kappa shape index (κ3) is 3.58. The van der Waals surface area contributed by atoms with Crippen LogP contribution in [0.25, 0.3) is 0 Å². The summed E-state index contributed by atoms with van der Waals surface area (Å²) in [6.45, 7) is 1.07. The first-order chi connectivity index (χ1) is 8.27. The molecule has 0 aliphatic carbocycles. The standard InChI is InChI=1S/C14H19NOS/c1-15-10-5-8-13(15)14(16)17-11-9-12-6-3-2-4-7-12/h2-4,6-7,13H,5,8-11H2,1H3/t13-/m0/s1. The molecule has 0 bridgehead atoms. The molecule has 0 unspecified atom stereocenters. The number of carbonyl (C=O) groups is 1. The minimum atomic E-state index is 0.163. The molecular weight excluding hydrogens is 230 g/mol. The topological polar surface area (TPSA) is 20.3 Å². The molecule has 92 valence electrons. The zero-order chi connectivity index (χ0) is 12.1. The van der Waals surface area contributed by atoms with E-state index in [0.29, 0.717) is 5.12 Å². The third-order valence-electron chi connectivity index (χ3n) is 3.27. The van der Waals surface area contributed by atoms with Crippen molar-refractivity contribution in [2.45, 2.75) is 25.3 Å². The Balaban J connectivity index is 1.73. The Kier molecular flexibility index (Phi) is 4.63. The fourth-order valence-corrected chi connectivity index (χ4v) is 3.25. The summed E-state index contributed by atoms with van der Waals surface area (Å²) in [5.74, 6) is 0.896. The van der Waals surface area contributed by atoms with E-state index in [9.17, 15) is 4.79 Å². The zero-order valence-electron chi connectivity index (χ0n) is 10.3. The van der Waals surface area contributed by atoms with E-state index in [0.717, 1.165) is 31.6 Å². The summed E-state index contributed by atoms with van der Waals surface area (Å²) in [4.78, 5) is 14.1. The van der Waals surface area contributed by atoms with E-state index in [2.05, 4.69) is 17.0 Å². The largest absolute Gasteiger partial charge is 0.296 e. The summed E-state index contributed by atoms with van der Waals surface area (Å²) in [7, 11) is 2.05. The number of rotatable bonds is 4. The highest BCUT2D eigenvalue weighted by molar-refractivity contribution is 8.13. The van der Waals surface area contributed by atoms with Crippen LogP contribution in [0.5, 0.6) is 0 Å². The lowest BCUT2D eigenvalue weighted by Gasteiger charge is -2.17. The van der Waals surface area contributed by atoms with Gasteiger partial charge < -0.3 is 0 Å². The fraction of sp³-hybridized carbons (Fsp3) is 0.500.